The summed E-state index contributed by atoms with van der Waals surface area (Å²) in [7, 11) is 1.34. The zero-order valence-corrected chi connectivity index (χ0v) is 34.1. The Morgan fingerprint density at radius 3 is 1.83 bits per heavy atom. The molecule has 2 aliphatic heterocycles. The van der Waals surface area contributed by atoms with Gasteiger partial charge in [-0.1, -0.05) is 157 Å². The van der Waals surface area contributed by atoms with Crippen LogP contribution in [0, 0.1) is 0 Å². The summed E-state index contributed by atoms with van der Waals surface area (Å²) < 4.78 is 6.17. The molecule has 10 nitrogen and oxygen atoms in total. The number of amides is 2. The molecule has 0 spiro atoms. The number of nitrogens with one attached hydrogen (secondary N) is 2. The van der Waals surface area contributed by atoms with Gasteiger partial charge in [-0.3, -0.25) is 14.5 Å². The average molecular weight is 840 g/mol. The van der Waals surface area contributed by atoms with Gasteiger partial charge < -0.3 is 20.2 Å². The van der Waals surface area contributed by atoms with Crippen molar-refractivity contribution in [2.75, 3.05) is 24.1 Å². The number of hydrogen-bond donors (Lipinski definition) is 2. The van der Waals surface area contributed by atoms with E-state index in [1.54, 1.807) is 5.38 Å². The maximum absolute atomic E-state index is 14.1. The third kappa shape index (κ3) is 7.86. The van der Waals surface area contributed by atoms with Crippen LogP contribution in [0.4, 0.5) is 5.13 Å². The molecule has 6 aromatic rings. The topological polar surface area (TPSA) is 122 Å². The monoisotopic (exact) mass is 839 g/mol. The standard InChI is InChI=1S/C46H38ClN5O5S2/c1-56-51-37(36-29-59-45(48-36)50-46(33-21-11-4-12-22-33,34-23-13-5-14-24-34)35-25-15-6-16-26-35)41(53)49-38-42(54)52-39(32(27-47)28-58-43(38)52)44(55)57-40(30-17-7-2-8-18-30)31-19-9-3-10-20-31/h2-26,29,38,40,43H,27-28H2,1H3,(H,48,50)(H,49,53)/t38?,43-/m0/s1. The lowest BCUT2D eigenvalue weighted by Gasteiger charge is -2.49. The second kappa shape index (κ2) is 17.7. The molecule has 1 unspecified atom stereocenters. The number of carbonyl (C=O) groups is 3. The van der Waals surface area contributed by atoms with Crippen LogP contribution in [0.25, 0.3) is 0 Å². The highest BCUT2D eigenvalue weighted by Gasteiger charge is 2.55. The first-order valence-electron chi connectivity index (χ1n) is 18.8. The van der Waals surface area contributed by atoms with Gasteiger partial charge in [0.05, 0.1) is 0 Å². The van der Waals surface area contributed by atoms with E-state index in [4.69, 9.17) is 26.2 Å². The number of alkyl halides is 1. The molecule has 13 heteroatoms. The van der Waals surface area contributed by atoms with Crippen molar-refractivity contribution >= 4 is 63.3 Å². The van der Waals surface area contributed by atoms with E-state index < -0.39 is 40.8 Å². The zero-order chi connectivity index (χ0) is 40.8. The summed E-state index contributed by atoms with van der Waals surface area (Å²) >= 11 is 9.07. The number of thiazole rings is 1. The Labute approximate surface area is 354 Å². The Morgan fingerprint density at radius 1 is 0.831 bits per heavy atom. The number of oxime groups is 1. The van der Waals surface area contributed by atoms with E-state index >= 15 is 0 Å². The van der Waals surface area contributed by atoms with Gasteiger partial charge in [-0.25, -0.2) is 9.78 Å². The predicted molar refractivity (Wildman–Crippen MR) is 232 cm³/mol. The third-order valence-corrected chi connectivity index (χ3v) is 12.6. The quantitative estimate of drug-likeness (QED) is 0.0282. The molecular formula is C46H38ClN5O5S2. The van der Waals surface area contributed by atoms with Gasteiger partial charge in [0.25, 0.3) is 11.8 Å². The number of carbonyl (C=O) groups excluding carboxylic acids is 3. The number of aromatic nitrogens is 1. The first-order valence-corrected chi connectivity index (χ1v) is 21.3. The first-order chi connectivity index (χ1) is 28.9. The molecule has 2 aliphatic rings. The van der Waals surface area contributed by atoms with Crippen molar-refractivity contribution in [2.24, 2.45) is 5.16 Å². The highest BCUT2D eigenvalue weighted by Crippen LogP contribution is 2.43. The molecule has 0 saturated carbocycles. The number of thioether (sulfide) groups is 1. The van der Waals surface area contributed by atoms with Crippen LogP contribution in [-0.4, -0.2) is 63.5 Å². The minimum Gasteiger partial charge on any atom is -0.448 e. The summed E-state index contributed by atoms with van der Waals surface area (Å²) in [4.78, 5) is 53.4. The molecule has 296 valence electrons. The molecule has 1 saturated heterocycles. The molecule has 59 heavy (non-hydrogen) atoms. The van der Waals surface area contributed by atoms with E-state index in [-0.39, 0.29) is 23.0 Å². The van der Waals surface area contributed by atoms with E-state index in [1.165, 1.54) is 35.1 Å². The van der Waals surface area contributed by atoms with E-state index in [1.807, 2.05) is 115 Å². The molecule has 2 N–H and O–H groups in total. The number of benzene rings is 5. The molecule has 0 bridgehead atoms. The van der Waals surface area contributed by atoms with Crippen LogP contribution in [-0.2, 0) is 29.5 Å². The van der Waals surface area contributed by atoms with E-state index in [2.05, 4.69) is 52.2 Å². The SMILES string of the molecule is CON=C(C(=O)NC1C(=O)N2C(C(=O)OC(c3ccccc3)c3ccccc3)=C(CCl)CS[C@@H]12)c1csc(NC(c2ccccc2)(c2ccccc2)c2ccccc2)n1. The number of fused-ring (bicyclic) bond motifs is 1. The highest BCUT2D eigenvalue weighted by molar-refractivity contribution is 8.00. The van der Waals surface area contributed by atoms with Crippen LogP contribution in [0.1, 0.15) is 39.6 Å². The lowest BCUT2D eigenvalue weighted by Crippen LogP contribution is -2.71. The van der Waals surface area contributed by atoms with Crippen molar-refractivity contribution in [3.05, 3.63) is 202 Å². The predicted octanol–water partition coefficient (Wildman–Crippen LogP) is 8.12. The van der Waals surface area contributed by atoms with Crippen molar-refractivity contribution in [2.45, 2.75) is 23.1 Å². The summed E-state index contributed by atoms with van der Waals surface area (Å²) in [6.45, 7) is 0. The lowest BCUT2D eigenvalue weighted by molar-refractivity contribution is -0.154. The van der Waals surface area contributed by atoms with Gasteiger partial charge in [0.15, 0.2) is 16.9 Å². The summed E-state index contributed by atoms with van der Waals surface area (Å²) in [6, 6.07) is 48.1. The number of nitrogens with zero attached hydrogens (tertiary/aromatic N) is 3. The van der Waals surface area contributed by atoms with Crippen molar-refractivity contribution in [3.8, 4) is 0 Å². The normalized spacial score (nSPS) is 16.6. The van der Waals surface area contributed by atoms with Crippen LogP contribution in [0.2, 0.25) is 0 Å². The summed E-state index contributed by atoms with van der Waals surface area (Å²) in [5.41, 5.74) is 4.46. The van der Waals surface area contributed by atoms with E-state index in [0.29, 0.717) is 16.5 Å². The molecular weight excluding hydrogens is 802 g/mol. The molecule has 1 aromatic heterocycles. The zero-order valence-electron chi connectivity index (χ0n) is 31.7. The number of rotatable bonds is 14. The number of esters is 1. The van der Waals surface area contributed by atoms with Crippen LogP contribution in [0.15, 0.2) is 173 Å². The molecule has 1 fully saturated rings. The second-order valence-corrected chi connectivity index (χ2v) is 15.9. The van der Waals surface area contributed by atoms with Crippen molar-refractivity contribution in [1.82, 2.24) is 15.2 Å². The lowest BCUT2D eigenvalue weighted by atomic mass is 9.77. The maximum Gasteiger partial charge on any atom is 0.356 e. The Hall–Kier alpha value is -6.21. The van der Waals surface area contributed by atoms with Gasteiger partial charge in [-0.15, -0.1) is 34.7 Å². The summed E-state index contributed by atoms with van der Waals surface area (Å²) in [5.74, 6) is -1.42. The number of anilines is 1. The highest BCUT2D eigenvalue weighted by atomic mass is 35.5. The largest absolute Gasteiger partial charge is 0.448 e. The molecule has 8 rings (SSSR count). The van der Waals surface area contributed by atoms with Crippen LogP contribution < -0.4 is 10.6 Å². The third-order valence-electron chi connectivity index (χ3n) is 10.2. The Kier molecular flexibility index (Phi) is 11.9. The van der Waals surface area contributed by atoms with Crippen LogP contribution >= 0.6 is 34.7 Å². The van der Waals surface area contributed by atoms with Gasteiger partial charge in [0, 0.05) is 17.0 Å². The van der Waals surface area contributed by atoms with Crippen molar-refractivity contribution < 1.29 is 24.0 Å². The first kappa shape index (κ1) is 39.6. The minimum absolute atomic E-state index is 0.0250. The van der Waals surface area contributed by atoms with Crippen molar-refractivity contribution in [3.63, 3.8) is 0 Å². The molecule has 2 atom stereocenters. The Balaban J connectivity index is 1.03. The molecule has 0 radical (unpaired) electrons. The molecule has 2 amide bonds. The van der Waals surface area contributed by atoms with Gasteiger partial charge in [0.1, 0.15) is 35.5 Å². The number of halogens is 1. The molecule has 3 heterocycles. The van der Waals surface area contributed by atoms with Crippen molar-refractivity contribution in [1.29, 1.82) is 0 Å². The fourth-order valence-electron chi connectivity index (χ4n) is 7.41. The summed E-state index contributed by atoms with van der Waals surface area (Å²) in [6.07, 6.45) is -0.725. The van der Waals surface area contributed by atoms with Gasteiger partial charge in [-0.05, 0) is 33.4 Å². The van der Waals surface area contributed by atoms with Gasteiger partial charge in [-0.2, -0.15) is 0 Å². The van der Waals surface area contributed by atoms with Crippen LogP contribution in [0.5, 0.6) is 0 Å². The average Bonchev–Trinajstić information content (AvgIpc) is 3.76. The fraction of sp³-hybridized carbons (Fsp3) is 0.152. The molecule has 5 aromatic carbocycles. The Bertz CT molecular complexity index is 2350. The Morgan fingerprint density at radius 2 is 1.34 bits per heavy atom. The fourth-order valence-corrected chi connectivity index (χ4v) is 9.84. The van der Waals surface area contributed by atoms with Crippen LogP contribution in [0.3, 0.4) is 0 Å². The number of hydrogen-bond acceptors (Lipinski definition) is 10. The van der Waals surface area contributed by atoms with Gasteiger partial charge >= 0.3 is 5.97 Å². The number of ether oxygens (including phenoxy) is 1. The smallest absolute Gasteiger partial charge is 0.356 e. The molecule has 0 aliphatic carbocycles. The number of β-lactam (4-membered cyclic amide) rings is 1. The second-order valence-electron chi connectivity index (χ2n) is 13.7. The minimum atomic E-state index is -0.966. The maximum atomic E-state index is 14.1. The van der Waals surface area contributed by atoms with Gasteiger partial charge in [0.2, 0.25) is 0 Å². The summed E-state index contributed by atoms with van der Waals surface area (Å²) in [5, 5.41) is 12.3. The van der Waals surface area contributed by atoms with E-state index in [0.717, 1.165) is 27.8 Å². The van der Waals surface area contributed by atoms with E-state index in [9.17, 15) is 14.4 Å².